The fourth-order valence-electron chi connectivity index (χ4n) is 3.36. The molecule has 1 unspecified atom stereocenters. The largest absolute Gasteiger partial charge is 0.340 e. The molecule has 0 radical (unpaired) electrons. The van der Waals surface area contributed by atoms with Crippen molar-refractivity contribution in [2.45, 2.75) is 38.6 Å². The molecular formula is C14H24Cl2N4. The molecule has 2 heterocycles. The van der Waals surface area contributed by atoms with Crippen molar-refractivity contribution >= 4 is 30.8 Å². The predicted octanol–water partition coefficient (Wildman–Crippen LogP) is 2.45. The molecule has 2 bridgehead atoms. The summed E-state index contributed by atoms with van der Waals surface area (Å²) in [5.74, 6) is 2.17. The van der Waals surface area contributed by atoms with Gasteiger partial charge in [-0.3, -0.25) is 0 Å². The SMILES string of the molecule is CCCc1cnc(N2C[C@H]3CC[C@@H](C2)C3N)nc1.Cl.Cl. The maximum absolute atomic E-state index is 6.22. The minimum absolute atomic E-state index is 0. The molecule has 2 aliphatic rings. The second-order valence-corrected chi connectivity index (χ2v) is 5.72. The van der Waals surface area contributed by atoms with E-state index in [4.69, 9.17) is 5.73 Å². The molecule has 1 aliphatic carbocycles. The first-order chi connectivity index (χ1) is 8.78. The molecule has 1 aromatic heterocycles. The van der Waals surface area contributed by atoms with Crippen LogP contribution < -0.4 is 10.6 Å². The third kappa shape index (κ3) is 3.35. The Labute approximate surface area is 133 Å². The van der Waals surface area contributed by atoms with Crippen LogP contribution in [0.2, 0.25) is 0 Å². The average molecular weight is 319 g/mol. The normalized spacial score (nSPS) is 27.7. The fourth-order valence-corrected chi connectivity index (χ4v) is 3.36. The topological polar surface area (TPSA) is 55.0 Å². The Morgan fingerprint density at radius 3 is 2.20 bits per heavy atom. The van der Waals surface area contributed by atoms with Crippen molar-refractivity contribution < 1.29 is 0 Å². The van der Waals surface area contributed by atoms with Gasteiger partial charge in [0, 0.05) is 31.5 Å². The van der Waals surface area contributed by atoms with Crippen LogP contribution in [0.25, 0.3) is 0 Å². The molecular weight excluding hydrogens is 295 g/mol. The van der Waals surface area contributed by atoms with Gasteiger partial charge in [0.25, 0.3) is 0 Å². The third-order valence-electron chi connectivity index (χ3n) is 4.42. The quantitative estimate of drug-likeness (QED) is 0.930. The van der Waals surface area contributed by atoms with Crippen LogP contribution in [-0.4, -0.2) is 29.1 Å². The van der Waals surface area contributed by atoms with E-state index in [1.807, 2.05) is 12.4 Å². The number of nitrogens with two attached hydrogens (primary N) is 1. The molecule has 0 aromatic carbocycles. The van der Waals surface area contributed by atoms with Crippen LogP contribution >= 0.6 is 24.8 Å². The first-order valence-electron chi connectivity index (χ1n) is 7.09. The minimum Gasteiger partial charge on any atom is -0.340 e. The highest BCUT2D eigenvalue weighted by atomic mass is 35.5. The van der Waals surface area contributed by atoms with Gasteiger partial charge in [0.15, 0.2) is 0 Å². The third-order valence-corrected chi connectivity index (χ3v) is 4.42. The lowest BCUT2D eigenvalue weighted by Gasteiger charge is -2.36. The summed E-state index contributed by atoms with van der Waals surface area (Å²) >= 11 is 0. The van der Waals surface area contributed by atoms with Crippen LogP contribution in [0.5, 0.6) is 0 Å². The Morgan fingerprint density at radius 2 is 1.70 bits per heavy atom. The van der Waals surface area contributed by atoms with E-state index >= 15 is 0 Å². The number of halogens is 2. The summed E-state index contributed by atoms with van der Waals surface area (Å²) in [5.41, 5.74) is 7.45. The van der Waals surface area contributed by atoms with Gasteiger partial charge in [0.2, 0.25) is 5.95 Å². The van der Waals surface area contributed by atoms with Crippen molar-refractivity contribution in [3.63, 3.8) is 0 Å². The van der Waals surface area contributed by atoms with E-state index in [0.717, 1.165) is 31.9 Å². The van der Waals surface area contributed by atoms with Gasteiger partial charge in [-0.1, -0.05) is 13.3 Å². The number of anilines is 1. The Bertz CT molecular complexity index is 398. The van der Waals surface area contributed by atoms with E-state index in [-0.39, 0.29) is 24.8 Å². The van der Waals surface area contributed by atoms with Crippen molar-refractivity contribution in [3.05, 3.63) is 18.0 Å². The first-order valence-corrected chi connectivity index (χ1v) is 7.09. The number of rotatable bonds is 3. The van der Waals surface area contributed by atoms with E-state index in [0.29, 0.717) is 17.9 Å². The van der Waals surface area contributed by atoms with E-state index in [2.05, 4.69) is 21.8 Å². The number of hydrogen-bond acceptors (Lipinski definition) is 4. The molecule has 2 fully saturated rings. The molecule has 20 heavy (non-hydrogen) atoms. The predicted molar refractivity (Wildman–Crippen MR) is 86.9 cm³/mol. The molecule has 3 rings (SSSR count). The first kappa shape index (κ1) is 17.5. The van der Waals surface area contributed by atoms with Crippen LogP contribution in [0.15, 0.2) is 12.4 Å². The van der Waals surface area contributed by atoms with Gasteiger partial charge in [0.05, 0.1) is 0 Å². The molecule has 2 N–H and O–H groups in total. The van der Waals surface area contributed by atoms with Crippen LogP contribution in [0.4, 0.5) is 5.95 Å². The summed E-state index contributed by atoms with van der Waals surface area (Å²) in [6.45, 7) is 4.24. The zero-order valence-corrected chi connectivity index (χ0v) is 13.5. The summed E-state index contributed by atoms with van der Waals surface area (Å²) in [5, 5.41) is 0. The van der Waals surface area contributed by atoms with Crippen LogP contribution in [0.3, 0.4) is 0 Å². The fraction of sp³-hybridized carbons (Fsp3) is 0.714. The monoisotopic (exact) mass is 318 g/mol. The van der Waals surface area contributed by atoms with E-state index in [1.165, 1.54) is 18.4 Å². The number of fused-ring (bicyclic) bond motifs is 2. The smallest absolute Gasteiger partial charge is 0.225 e. The average Bonchev–Trinajstić information content (AvgIpc) is 2.63. The number of aromatic nitrogens is 2. The standard InChI is InChI=1S/C14H22N4.2ClH/c1-2-3-10-6-16-14(17-7-10)18-8-11-4-5-12(9-18)13(11)15;;/h6-7,11-13H,2-5,8-9,15H2,1H3;2*1H/t11-,12+,13?;;. The van der Waals surface area contributed by atoms with E-state index < -0.39 is 0 Å². The van der Waals surface area contributed by atoms with Gasteiger partial charge in [-0.05, 0) is 36.7 Å². The van der Waals surface area contributed by atoms with Gasteiger partial charge >= 0.3 is 0 Å². The zero-order valence-electron chi connectivity index (χ0n) is 11.9. The van der Waals surface area contributed by atoms with Crippen molar-refractivity contribution in [2.24, 2.45) is 17.6 Å². The zero-order chi connectivity index (χ0) is 12.5. The molecule has 0 amide bonds. The van der Waals surface area contributed by atoms with E-state index in [9.17, 15) is 0 Å². The van der Waals surface area contributed by atoms with Crippen LogP contribution in [0, 0.1) is 11.8 Å². The van der Waals surface area contributed by atoms with Crippen LogP contribution in [-0.2, 0) is 6.42 Å². The van der Waals surface area contributed by atoms with Crippen LogP contribution in [0.1, 0.15) is 31.7 Å². The van der Waals surface area contributed by atoms with Gasteiger partial charge in [-0.25, -0.2) is 9.97 Å². The van der Waals surface area contributed by atoms with Gasteiger partial charge < -0.3 is 10.6 Å². The molecule has 1 aliphatic heterocycles. The summed E-state index contributed by atoms with van der Waals surface area (Å²) in [6, 6.07) is 0.403. The molecule has 1 saturated heterocycles. The number of hydrogen-bond donors (Lipinski definition) is 1. The molecule has 3 atom stereocenters. The molecule has 114 valence electrons. The maximum Gasteiger partial charge on any atom is 0.225 e. The number of nitrogens with zero attached hydrogens (tertiary/aromatic N) is 3. The highest BCUT2D eigenvalue weighted by molar-refractivity contribution is 5.85. The second-order valence-electron chi connectivity index (χ2n) is 5.72. The van der Waals surface area contributed by atoms with Crippen molar-refractivity contribution in [3.8, 4) is 0 Å². The summed E-state index contributed by atoms with van der Waals surface area (Å²) in [7, 11) is 0. The minimum atomic E-state index is 0. The van der Waals surface area contributed by atoms with Crippen molar-refractivity contribution in [1.29, 1.82) is 0 Å². The van der Waals surface area contributed by atoms with Gasteiger partial charge in [-0.15, -0.1) is 24.8 Å². The highest BCUT2D eigenvalue weighted by Crippen LogP contribution is 2.36. The summed E-state index contributed by atoms with van der Waals surface area (Å²) in [4.78, 5) is 11.4. The Morgan fingerprint density at radius 1 is 1.15 bits per heavy atom. The Kier molecular flexibility index (Phi) is 6.49. The lowest BCUT2D eigenvalue weighted by Crippen LogP contribution is -2.49. The number of piperidine rings is 1. The molecule has 4 nitrogen and oxygen atoms in total. The molecule has 1 saturated carbocycles. The Balaban J connectivity index is 0.000001000. The summed E-state index contributed by atoms with van der Waals surface area (Å²) in [6.07, 6.45) is 8.71. The van der Waals surface area contributed by atoms with Gasteiger partial charge in [-0.2, -0.15) is 0 Å². The van der Waals surface area contributed by atoms with E-state index in [1.54, 1.807) is 0 Å². The lowest BCUT2D eigenvalue weighted by molar-refractivity contribution is 0.353. The highest BCUT2D eigenvalue weighted by Gasteiger charge is 2.40. The molecule has 1 aromatic rings. The lowest BCUT2D eigenvalue weighted by atomic mass is 9.93. The molecule has 0 spiro atoms. The van der Waals surface area contributed by atoms with Crippen molar-refractivity contribution in [2.75, 3.05) is 18.0 Å². The summed E-state index contributed by atoms with van der Waals surface area (Å²) < 4.78 is 0. The number of aryl methyl sites for hydroxylation is 1. The van der Waals surface area contributed by atoms with Crippen molar-refractivity contribution in [1.82, 2.24) is 9.97 Å². The Hall–Kier alpha value is -0.580. The second kappa shape index (κ2) is 7.43. The molecule has 6 heteroatoms. The maximum atomic E-state index is 6.22. The van der Waals surface area contributed by atoms with Gasteiger partial charge in [0.1, 0.15) is 0 Å².